The first-order chi connectivity index (χ1) is 8.64. The van der Waals surface area contributed by atoms with Crippen LogP contribution < -0.4 is 10.6 Å². The minimum Gasteiger partial charge on any atom is -0.351 e. The van der Waals surface area contributed by atoms with Gasteiger partial charge in [-0.15, -0.1) is 17.5 Å². The molecule has 5 nitrogen and oxygen atoms in total. The predicted octanol–water partition coefficient (Wildman–Crippen LogP) is 1.64. The number of aryl methyl sites for hydroxylation is 1. The molecule has 108 valence electrons. The molecule has 0 bridgehead atoms. The molecule has 2 heterocycles. The van der Waals surface area contributed by atoms with Crippen molar-refractivity contribution in [3.63, 3.8) is 0 Å². The van der Waals surface area contributed by atoms with E-state index in [9.17, 15) is 4.79 Å². The molecular weight excluding hydrogens is 284 g/mol. The van der Waals surface area contributed by atoms with Crippen LogP contribution in [-0.2, 0) is 6.42 Å². The van der Waals surface area contributed by atoms with Crippen molar-refractivity contribution in [3.8, 4) is 0 Å². The Morgan fingerprint density at radius 3 is 3.00 bits per heavy atom. The van der Waals surface area contributed by atoms with Crippen LogP contribution >= 0.6 is 23.9 Å². The van der Waals surface area contributed by atoms with Gasteiger partial charge in [0.15, 0.2) is 0 Å². The maximum atomic E-state index is 12.1. The second-order valence-corrected chi connectivity index (χ2v) is 5.93. The van der Waals surface area contributed by atoms with Gasteiger partial charge in [-0.25, -0.2) is 0 Å². The first-order valence-corrected chi connectivity index (χ1v) is 7.22. The van der Waals surface area contributed by atoms with Gasteiger partial charge < -0.3 is 10.6 Å². The van der Waals surface area contributed by atoms with E-state index in [0.717, 1.165) is 31.6 Å². The Balaban J connectivity index is 0.00000180. The van der Waals surface area contributed by atoms with Crippen molar-refractivity contribution in [2.45, 2.75) is 33.1 Å². The number of aromatic nitrogens is 2. The van der Waals surface area contributed by atoms with Gasteiger partial charge in [0.05, 0.1) is 5.69 Å². The molecule has 7 heteroatoms. The molecule has 1 atom stereocenters. The number of rotatable bonds is 4. The molecule has 1 saturated heterocycles. The van der Waals surface area contributed by atoms with Crippen LogP contribution in [0.1, 0.15) is 42.1 Å². The fraction of sp³-hybridized carbons (Fsp3) is 0.750. The number of nitrogens with zero attached hydrogens (tertiary/aromatic N) is 2. The smallest absolute Gasteiger partial charge is 0.264 e. The van der Waals surface area contributed by atoms with Crippen LogP contribution in [0.4, 0.5) is 0 Å². The van der Waals surface area contributed by atoms with Crippen molar-refractivity contribution in [2.75, 3.05) is 19.6 Å². The molecule has 1 aromatic heterocycles. The van der Waals surface area contributed by atoms with Crippen LogP contribution in [0.15, 0.2) is 0 Å². The van der Waals surface area contributed by atoms with E-state index in [1.807, 2.05) is 6.92 Å². The molecule has 0 saturated carbocycles. The zero-order valence-corrected chi connectivity index (χ0v) is 13.0. The lowest BCUT2D eigenvalue weighted by Gasteiger charge is -2.34. The van der Waals surface area contributed by atoms with Gasteiger partial charge in [0.25, 0.3) is 5.91 Å². The topological polar surface area (TPSA) is 66.9 Å². The lowest BCUT2D eigenvalue weighted by atomic mass is 9.83. The molecule has 1 aromatic rings. The maximum Gasteiger partial charge on any atom is 0.264 e. The number of amides is 1. The van der Waals surface area contributed by atoms with Crippen molar-refractivity contribution >= 4 is 29.8 Å². The van der Waals surface area contributed by atoms with Crippen molar-refractivity contribution in [1.29, 1.82) is 0 Å². The van der Waals surface area contributed by atoms with Crippen LogP contribution in [0.25, 0.3) is 0 Å². The van der Waals surface area contributed by atoms with E-state index >= 15 is 0 Å². The Labute approximate surface area is 124 Å². The van der Waals surface area contributed by atoms with Gasteiger partial charge in [-0.3, -0.25) is 4.79 Å². The fourth-order valence-electron chi connectivity index (χ4n) is 2.26. The predicted molar refractivity (Wildman–Crippen MR) is 79.1 cm³/mol. The highest BCUT2D eigenvalue weighted by atomic mass is 35.5. The van der Waals surface area contributed by atoms with Crippen LogP contribution in [0.3, 0.4) is 0 Å². The number of piperidine rings is 1. The monoisotopic (exact) mass is 304 g/mol. The van der Waals surface area contributed by atoms with Gasteiger partial charge in [-0.05, 0) is 42.8 Å². The fourth-order valence-corrected chi connectivity index (χ4v) is 2.92. The second-order valence-electron chi connectivity index (χ2n) is 5.18. The summed E-state index contributed by atoms with van der Waals surface area (Å²) in [6.07, 6.45) is 3.08. The summed E-state index contributed by atoms with van der Waals surface area (Å²) in [5, 5.41) is 10.4. The minimum atomic E-state index is -0.0337. The Hall–Kier alpha value is -0.720. The van der Waals surface area contributed by atoms with E-state index in [1.165, 1.54) is 18.0 Å². The van der Waals surface area contributed by atoms with Gasteiger partial charge in [0, 0.05) is 13.1 Å². The molecule has 2 rings (SSSR count). The number of carbonyl (C=O) groups is 1. The Bertz CT molecular complexity index is 418. The van der Waals surface area contributed by atoms with Gasteiger partial charge in [-0.1, -0.05) is 18.3 Å². The molecule has 0 aliphatic carbocycles. The minimum absolute atomic E-state index is 0. The van der Waals surface area contributed by atoms with E-state index in [1.54, 1.807) is 0 Å². The highest BCUT2D eigenvalue weighted by molar-refractivity contribution is 7.08. The molecule has 1 aliphatic rings. The normalized spacial score (nSPS) is 22.6. The van der Waals surface area contributed by atoms with Gasteiger partial charge in [-0.2, -0.15) is 0 Å². The van der Waals surface area contributed by atoms with E-state index in [4.69, 9.17) is 0 Å². The SMILES string of the molecule is CCc1nnsc1C(=O)NCC1(C)CCCNC1.Cl. The second kappa shape index (κ2) is 7.17. The van der Waals surface area contributed by atoms with Crippen molar-refractivity contribution < 1.29 is 4.79 Å². The number of carbonyl (C=O) groups excluding carboxylic acids is 1. The van der Waals surface area contributed by atoms with E-state index in [-0.39, 0.29) is 23.7 Å². The lowest BCUT2D eigenvalue weighted by Crippen LogP contribution is -2.45. The van der Waals surface area contributed by atoms with Crippen molar-refractivity contribution in [1.82, 2.24) is 20.2 Å². The molecule has 0 aromatic carbocycles. The lowest BCUT2D eigenvalue weighted by molar-refractivity contribution is 0.0927. The quantitative estimate of drug-likeness (QED) is 0.887. The molecule has 1 aliphatic heterocycles. The summed E-state index contributed by atoms with van der Waals surface area (Å²) < 4.78 is 3.84. The van der Waals surface area contributed by atoms with Crippen molar-refractivity contribution in [3.05, 3.63) is 10.6 Å². The highest BCUT2D eigenvalue weighted by Gasteiger charge is 2.27. The summed E-state index contributed by atoms with van der Waals surface area (Å²) in [4.78, 5) is 12.7. The summed E-state index contributed by atoms with van der Waals surface area (Å²) >= 11 is 1.18. The summed E-state index contributed by atoms with van der Waals surface area (Å²) in [5.41, 5.74) is 0.961. The molecular formula is C12H21ClN4OS. The van der Waals surface area contributed by atoms with Crippen LogP contribution in [0, 0.1) is 5.41 Å². The molecule has 1 unspecified atom stereocenters. The third-order valence-electron chi connectivity index (χ3n) is 3.46. The number of halogens is 1. The Kier molecular flexibility index (Phi) is 6.16. The van der Waals surface area contributed by atoms with E-state index in [2.05, 4.69) is 27.1 Å². The number of hydrogen-bond acceptors (Lipinski definition) is 5. The molecule has 0 radical (unpaired) electrons. The van der Waals surface area contributed by atoms with Crippen molar-refractivity contribution in [2.24, 2.45) is 5.41 Å². The molecule has 1 amide bonds. The standard InChI is InChI=1S/C12H20N4OS.ClH/c1-3-9-10(18-16-15-9)11(17)14-8-12(2)5-4-6-13-7-12;/h13H,3-8H2,1-2H3,(H,14,17);1H. The molecule has 0 spiro atoms. The Morgan fingerprint density at radius 1 is 1.58 bits per heavy atom. The average Bonchev–Trinajstić information content (AvgIpc) is 2.85. The summed E-state index contributed by atoms with van der Waals surface area (Å²) in [5.74, 6) is -0.0337. The first kappa shape index (κ1) is 16.3. The van der Waals surface area contributed by atoms with Gasteiger partial charge in [0.2, 0.25) is 0 Å². The third kappa shape index (κ3) is 4.12. The first-order valence-electron chi connectivity index (χ1n) is 6.45. The molecule has 1 fully saturated rings. The van der Waals surface area contributed by atoms with E-state index < -0.39 is 0 Å². The highest BCUT2D eigenvalue weighted by Crippen LogP contribution is 2.24. The number of nitrogens with one attached hydrogen (secondary N) is 2. The maximum absolute atomic E-state index is 12.1. The summed E-state index contributed by atoms with van der Waals surface area (Å²) in [6.45, 7) is 6.96. The zero-order chi connectivity index (χ0) is 13.0. The Morgan fingerprint density at radius 2 is 2.37 bits per heavy atom. The van der Waals surface area contributed by atoms with Gasteiger partial charge in [0.1, 0.15) is 4.88 Å². The summed E-state index contributed by atoms with van der Waals surface area (Å²) in [6, 6.07) is 0. The van der Waals surface area contributed by atoms with Crippen LogP contribution in [0.5, 0.6) is 0 Å². The number of hydrogen-bond donors (Lipinski definition) is 2. The van der Waals surface area contributed by atoms with Crippen LogP contribution in [-0.4, -0.2) is 35.1 Å². The average molecular weight is 305 g/mol. The summed E-state index contributed by atoms with van der Waals surface area (Å²) in [7, 11) is 0. The van der Waals surface area contributed by atoms with Crippen LogP contribution in [0.2, 0.25) is 0 Å². The van der Waals surface area contributed by atoms with Gasteiger partial charge >= 0.3 is 0 Å². The third-order valence-corrected chi connectivity index (χ3v) is 4.23. The zero-order valence-electron chi connectivity index (χ0n) is 11.4. The molecule has 2 N–H and O–H groups in total. The van der Waals surface area contributed by atoms with E-state index in [0.29, 0.717) is 11.4 Å². The largest absolute Gasteiger partial charge is 0.351 e. The molecule has 19 heavy (non-hydrogen) atoms.